The third-order valence-corrected chi connectivity index (χ3v) is 2.67. The molecule has 0 aromatic rings. The van der Waals surface area contributed by atoms with Crippen LogP contribution in [0.4, 0.5) is 0 Å². The van der Waals surface area contributed by atoms with Gasteiger partial charge in [-0.2, -0.15) is 11.8 Å². The normalized spacial score (nSPS) is 12.5. The van der Waals surface area contributed by atoms with Crippen LogP contribution in [-0.4, -0.2) is 37.0 Å². The molecule has 0 radical (unpaired) electrons. The van der Waals surface area contributed by atoms with Crippen LogP contribution in [0.3, 0.4) is 0 Å². The molecule has 0 bridgehead atoms. The van der Waals surface area contributed by atoms with E-state index < -0.39 is 0 Å². The van der Waals surface area contributed by atoms with Gasteiger partial charge in [-0.05, 0) is 19.2 Å². The summed E-state index contributed by atoms with van der Waals surface area (Å²) in [5.41, 5.74) is 0. The van der Waals surface area contributed by atoms with Crippen molar-refractivity contribution in [3.05, 3.63) is 0 Å². The summed E-state index contributed by atoms with van der Waals surface area (Å²) < 4.78 is 0. The third-order valence-electron chi connectivity index (χ3n) is 1.70. The van der Waals surface area contributed by atoms with Crippen LogP contribution in [0.15, 0.2) is 0 Å². The van der Waals surface area contributed by atoms with Crippen LogP contribution in [0.2, 0.25) is 0 Å². The standard InChI is InChI=1S/C9H20N2OS/c1-4-5-10-7-9(12)11-6-8(2)13-3/h8,10H,4-7H2,1-3H3,(H,11,12). The maximum absolute atomic E-state index is 11.2. The molecule has 0 aliphatic rings. The van der Waals surface area contributed by atoms with Crippen molar-refractivity contribution in [2.75, 3.05) is 25.9 Å². The summed E-state index contributed by atoms with van der Waals surface area (Å²) in [4.78, 5) is 11.2. The highest BCUT2D eigenvalue weighted by Crippen LogP contribution is 2.01. The summed E-state index contributed by atoms with van der Waals surface area (Å²) in [5, 5.41) is 6.42. The largest absolute Gasteiger partial charge is 0.354 e. The molecule has 0 fully saturated rings. The van der Waals surface area contributed by atoms with Gasteiger partial charge in [0.25, 0.3) is 0 Å². The lowest BCUT2D eigenvalue weighted by Crippen LogP contribution is -2.36. The predicted molar refractivity (Wildman–Crippen MR) is 59.1 cm³/mol. The van der Waals surface area contributed by atoms with E-state index >= 15 is 0 Å². The predicted octanol–water partition coefficient (Wildman–Crippen LogP) is 0.854. The average Bonchev–Trinajstić information content (AvgIpc) is 2.14. The third kappa shape index (κ3) is 8.12. The lowest BCUT2D eigenvalue weighted by atomic mass is 10.4. The lowest BCUT2D eigenvalue weighted by molar-refractivity contribution is -0.120. The van der Waals surface area contributed by atoms with E-state index in [9.17, 15) is 4.79 Å². The summed E-state index contributed by atoms with van der Waals surface area (Å²) in [6.07, 6.45) is 3.11. The second-order valence-electron chi connectivity index (χ2n) is 3.03. The van der Waals surface area contributed by atoms with E-state index in [2.05, 4.69) is 24.5 Å². The van der Waals surface area contributed by atoms with Crippen molar-refractivity contribution in [2.45, 2.75) is 25.5 Å². The highest BCUT2D eigenvalue weighted by atomic mass is 32.2. The maximum atomic E-state index is 11.2. The van der Waals surface area contributed by atoms with Crippen molar-refractivity contribution in [2.24, 2.45) is 0 Å². The Labute approximate surface area is 85.0 Å². The van der Waals surface area contributed by atoms with Gasteiger partial charge in [-0.1, -0.05) is 13.8 Å². The van der Waals surface area contributed by atoms with Crippen LogP contribution in [0, 0.1) is 0 Å². The fourth-order valence-corrected chi connectivity index (χ4v) is 1.03. The van der Waals surface area contributed by atoms with Crippen molar-refractivity contribution < 1.29 is 4.79 Å². The summed E-state index contributed by atoms with van der Waals surface area (Å²) in [7, 11) is 0. The van der Waals surface area contributed by atoms with Crippen molar-refractivity contribution >= 4 is 17.7 Å². The first-order chi connectivity index (χ1) is 6.20. The van der Waals surface area contributed by atoms with Crippen LogP contribution in [0.1, 0.15) is 20.3 Å². The number of nitrogens with one attached hydrogen (secondary N) is 2. The van der Waals surface area contributed by atoms with Gasteiger partial charge in [-0.3, -0.25) is 4.79 Å². The van der Waals surface area contributed by atoms with E-state index in [0.29, 0.717) is 11.8 Å². The number of hydrogen-bond acceptors (Lipinski definition) is 3. The SMILES string of the molecule is CCCNCC(=O)NCC(C)SC. The van der Waals surface area contributed by atoms with Gasteiger partial charge in [-0.25, -0.2) is 0 Å². The number of carbonyl (C=O) groups is 1. The Morgan fingerprint density at radius 1 is 1.54 bits per heavy atom. The summed E-state index contributed by atoms with van der Waals surface area (Å²) in [6, 6.07) is 0. The highest BCUT2D eigenvalue weighted by molar-refractivity contribution is 7.99. The molecule has 3 nitrogen and oxygen atoms in total. The van der Waals surface area contributed by atoms with E-state index in [1.165, 1.54) is 0 Å². The van der Waals surface area contributed by atoms with Gasteiger partial charge in [0, 0.05) is 11.8 Å². The Morgan fingerprint density at radius 3 is 2.77 bits per heavy atom. The molecule has 0 heterocycles. The zero-order valence-corrected chi connectivity index (χ0v) is 9.54. The van der Waals surface area contributed by atoms with E-state index in [1.54, 1.807) is 11.8 Å². The van der Waals surface area contributed by atoms with Crippen molar-refractivity contribution in [1.29, 1.82) is 0 Å². The molecule has 0 saturated carbocycles. The number of amides is 1. The number of carbonyl (C=O) groups excluding carboxylic acids is 1. The smallest absolute Gasteiger partial charge is 0.233 e. The molecule has 0 aliphatic carbocycles. The molecule has 1 amide bonds. The minimum absolute atomic E-state index is 0.0920. The van der Waals surface area contributed by atoms with Crippen LogP contribution in [0.5, 0.6) is 0 Å². The molecule has 4 heteroatoms. The minimum Gasteiger partial charge on any atom is -0.354 e. The molecule has 0 rings (SSSR count). The van der Waals surface area contributed by atoms with Crippen LogP contribution in [0.25, 0.3) is 0 Å². The Balaban J connectivity index is 3.30. The summed E-state index contributed by atoms with van der Waals surface area (Å²) in [6.45, 7) is 6.29. The first-order valence-electron chi connectivity index (χ1n) is 4.70. The molecule has 13 heavy (non-hydrogen) atoms. The Hall–Kier alpha value is -0.220. The Kier molecular flexibility index (Phi) is 8.24. The summed E-state index contributed by atoms with van der Waals surface area (Å²) in [5.74, 6) is 0.0920. The number of hydrogen-bond donors (Lipinski definition) is 2. The van der Waals surface area contributed by atoms with Crippen LogP contribution >= 0.6 is 11.8 Å². The number of thioether (sulfide) groups is 1. The zero-order chi connectivity index (χ0) is 10.1. The second kappa shape index (κ2) is 8.38. The van der Waals surface area contributed by atoms with Crippen LogP contribution in [-0.2, 0) is 4.79 Å². The van der Waals surface area contributed by atoms with E-state index in [0.717, 1.165) is 19.5 Å². The molecule has 0 aromatic heterocycles. The fourth-order valence-electron chi connectivity index (χ4n) is 0.782. The van der Waals surface area contributed by atoms with Gasteiger partial charge >= 0.3 is 0 Å². The molecular formula is C9H20N2OS. The van der Waals surface area contributed by atoms with Crippen molar-refractivity contribution in [1.82, 2.24) is 10.6 Å². The van der Waals surface area contributed by atoms with Gasteiger partial charge < -0.3 is 10.6 Å². The Bertz CT molecular complexity index is 142. The molecule has 78 valence electrons. The van der Waals surface area contributed by atoms with E-state index in [-0.39, 0.29) is 5.91 Å². The van der Waals surface area contributed by atoms with Gasteiger partial charge in [0.1, 0.15) is 0 Å². The van der Waals surface area contributed by atoms with E-state index in [4.69, 9.17) is 0 Å². The van der Waals surface area contributed by atoms with Gasteiger partial charge in [-0.15, -0.1) is 0 Å². The monoisotopic (exact) mass is 204 g/mol. The average molecular weight is 204 g/mol. The summed E-state index contributed by atoms with van der Waals surface area (Å²) >= 11 is 1.76. The minimum atomic E-state index is 0.0920. The highest BCUT2D eigenvalue weighted by Gasteiger charge is 2.02. The van der Waals surface area contributed by atoms with Crippen molar-refractivity contribution in [3.63, 3.8) is 0 Å². The fraction of sp³-hybridized carbons (Fsp3) is 0.889. The molecule has 0 aromatic carbocycles. The van der Waals surface area contributed by atoms with Crippen molar-refractivity contribution in [3.8, 4) is 0 Å². The molecule has 0 aliphatic heterocycles. The lowest BCUT2D eigenvalue weighted by Gasteiger charge is -2.09. The van der Waals surface area contributed by atoms with E-state index in [1.807, 2.05) is 6.26 Å². The van der Waals surface area contributed by atoms with Crippen LogP contribution < -0.4 is 10.6 Å². The number of rotatable bonds is 7. The molecule has 1 unspecified atom stereocenters. The zero-order valence-electron chi connectivity index (χ0n) is 8.72. The first-order valence-corrected chi connectivity index (χ1v) is 5.99. The molecule has 0 saturated heterocycles. The van der Waals surface area contributed by atoms with Gasteiger partial charge in [0.05, 0.1) is 6.54 Å². The second-order valence-corrected chi connectivity index (χ2v) is 4.30. The molecule has 2 N–H and O–H groups in total. The van der Waals surface area contributed by atoms with Gasteiger partial charge in [0.15, 0.2) is 0 Å². The Morgan fingerprint density at radius 2 is 2.23 bits per heavy atom. The molecule has 0 spiro atoms. The first kappa shape index (κ1) is 12.8. The topological polar surface area (TPSA) is 41.1 Å². The molecular weight excluding hydrogens is 184 g/mol. The molecule has 1 atom stereocenters. The quantitative estimate of drug-likeness (QED) is 0.604. The van der Waals surface area contributed by atoms with Gasteiger partial charge in [0.2, 0.25) is 5.91 Å². The maximum Gasteiger partial charge on any atom is 0.233 e.